The molecule has 0 saturated carbocycles. The predicted molar refractivity (Wildman–Crippen MR) is 219 cm³/mol. The van der Waals surface area contributed by atoms with Crippen molar-refractivity contribution in [3.63, 3.8) is 0 Å². The van der Waals surface area contributed by atoms with Gasteiger partial charge in [-0.05, 0) is 97.7 Å². The summed E-state index contributed by atoms with van der Waals surface area (Å²) < 4.78 is 5.01. The molecule has 52 heavy (non-hydrogen) atoms. The van der Waals surface area contributed by atoms with Crippen molar-refractivity contribution in [2.45, 2.75) is 0 Å². The van der Waals surface area contributed by atoms with E-state index in [0.29, 0.717) is 0 Å². The molecule has 0 spiro atoms. The van der Waals surface area contributed by atoms with Gasteiger partial charge < -0.3 is 9.13 Å². The lowest BCUT2D eigenvalue weighted by molar-refractivity contribution is 1.14. The maximum absolute atomic E-state index is 2.51. The Morgan fingerprint density at radius 2 is 0.615 bits per heavy atom. The van der Waals surface area contributed by atoms with Crippen molar-refractivity contribution in [3.05, 3.63) is 170 Å². The summed E-state index contributed by atoms with van der Waals surface area (Å²) in [4.78, 5) is 0. The quantitative estimate of drug-likeness (QED) is 0.175. The molecule has 0 unspecified atom stereocenters. The average Bonchev–Trinajstić information content (AvgIpc) is 3.93. The summed E-state index contributed by atoms with van der Waals surface area (Å²) in [6.45, 7) is 0. The fourth-order valence-electron chi connectivity index (χ4n) is 9.95. The number of hydrogen-bond acceptors (Lipinski definition) is 0. The van der Waals surface area contributed by atoms with Crippen molar-refractivity contribution in [2.75, 3.05) is 0 Å². The van der Waals surface area contributed by atoms with Gasteiger partial charge in [0, 0.05) is 43.7 Å². The van der Waals surface area contributed by atoms with Gasteiger partial charge in [0.05, 0.1) is 22.1 Å². The molecular formula is C50H28N2. The molecule has 0 radical (unpaired) electrons. The normalized spacial score (nSPS) is 12.6. The first-order chi connectivity index (χ1) is 25.8. The molecule has 0 saturated heterocycles. The second kappa shape index (κ2) is 9.45. The summed E-state index contributed by atoms with van der Waals surface area (Å²) >= 11 is 0. The highest BCUT2D eigenvalue weighted by molar-refractivity contribution is 6.29. The summed E-state index contributed by atoms with van der Waals surface area (Å²) in [5.41, 5.74) is 17.9. The second-order valence-corrected chi connectivity index (χ2v) is 14.4. The van der Waals surface area contributed by atoms with Crippen molar-refractivity contribution >= 4 is 65.2 Å². The smallest absolute Gasteiger partial charge is 0.0620 e. The van der Waals surface area contributed by atoms with Crippen LogP contribution >= 0.6 is 0 Å². The summed E-state index contributed by atoms with van der Waals surface area (Å²) in [5.74, 6) is 0. The first kappa shape index (κ1) is 26.9. The van der Waals surface area contributed by atoms with Crippen molar-refractivity contribution < 1.29 is 0 Å². The molecule has 13 rings (SSSR count). The van der Waals surface area contributed by atoms with E-state index >= 15 is 0 Å². The van der Waals surface area contributed by atoms with E-state index in [0.717, 1.165) is 11.4 Å². The molecule has 9 aromatic carbocycles. The summed E-state index contributed by atoms with van der Waals surface area (Å²) in [7, 11) is 0. The minimum absolute atomic E-state index is 1.16. The Hall–Kier alpha value is -6.90. The lowest BCUT2D eigenvalue weighted by atomic mass is 9.99. The van der Waals surface area contributed by atoms with Crippen molar-refractivity contribution in [3.8, 4) is 55.9 Å². The topological polar surface area (TPSA) is 9.86 Å². The van der Waals surface area contributed by atoms with E-state index < -0.39 is 0 Å². The Morgan fingerprint density at radius 1 is 0.250 bits per heavy atom. The minimum Gasteiger partial charge on any atom is -0.309 e. The van der Waals surface area contributed by atoms with Gasteiger partial charge in [-0.1, -0.05) is 127 Å². The number of aromatic nitrogens is 2. The molecule has 0 aliphatic heterocycles. The minimum atomic E-state index is 1.16. The monoisotopic (exact) mass is 656 g/mol. The SMILES string of the molecule is c1cc(-n2c3ccccc3c3cc4c5c(cccc5c32)-c2ccccc2-4)cc(-n2c3ccccc3c3cc4c5c(cccc5c32)-c2ccccc2-4)c1. The molecule has 0 fully saturated rings. The predicted octanol–water partition coefficient (Wildman–Crippen LogP) is 13.5. The summed E-state index contributed by atoms with van der Waals surface area (Å²) in [6.07, 6.45) is 0. The second-order valence-electron chi connectivity index (χ2n) is 14.4. The van der Waals surface area contributed by atoms with Gasteiger partial charge in [-0.25, -0.2) is 0 Å². The van der Waals surface area contributed by atoms with E-state index in [9.17, 15) is 0 Å². The Labute approximate surface area is 299 Å². The highest BCUT2D eigenvalue weighted by atomic mass is 15.0. The Kier molecular flexibility index (Phi) is 4.89. The van der Waals surface area contributed by atoms with Crippen LogP contribution in [0, 0.1) is 0 Å². The van der Waals surface area contributed by atoms with Crippen LogP contribution < -0.4 is 0 Å². The third-order valence-corrected chi connectivity index (χ3v) is 11.9. The zero-order chi connectivity index (χ0) is 33.7. The molecule has 2 heteroatoms. The molecule has 0 bridgehead atoms. The van der Waals surface area contributed by atoms with E-state index in [-0.39, 0.29) is 0 Å². The Bertz CT molecular complexity index is 3180. The van der Waals surface area contributed by atoms with Gasteiger partial charge in [-0.2, -0.15) is 0 Å². The largest absolute Gasteiger partial charge is 0.309 e. The average molecular weight is 657 g/mol. The molecule has 2 aliphatic carbocycles. The van der Waals surface area contributed by atoms with Gasteiger partial charge in [0.15, 0.2) is 0 Å². The number of fused-ring (bicyclic) bond motifs is 14. The van der Waals surface area contributed by atoms with Crippen LogP contribution in [0.2, 0.25) is 0 Å². The van der Waals surface area contributed by atoms with E-state index in [2.05, 4.69) is 179 Å². The number of rotatable bonds is 2. The number of para-hydroxylation sites is 2. The van der Waals surface area contributed by atoms with Gasteiger partial charge in [0.25, 0.3) is 0 Å². The van der Waals surface area contributed by atoms with Crippen LogP contribution in [-0.4, -0.2) is 9.13 Å². The molecule has 2 aliphatic rings. The van der Waals surface area contributed by atoms with E-state index in [1.165, 1.54) is 110 Å². The molecule has 2 heterocycles. The lowest BCUT2D eigenvalue weighted by Gasteiger charge is -2.15. The van der Waals surface area contributed by atoms with Gasteiger partial charge in [0.2, 0.25) is 0 Å². The van der Waals surface area contributed by atoms with Crippen LogP contribution in [0.4, 0.5) is 0 Å². The molecule has 11 aromatic rings. The third kappa shape index (κ3) is 3.18. The maximum Gasteiger partial charge on any atom is 0.0620 e. The Balaban J connectivity index is 1.13. The van der Waals surface area contributed by atoms with Gasteiger partial charge in [-0.15, -0.1) is 0 Å². The van der Waals surface area contributed by atoms with Crippen LogP contribution in [-0.2, 0) is 0 Å². The van der Waals surface area contributed by atoms with Crippen LogP contribution in [0.15, 0.2) is 170 Å². The molecule has 0 N–H and O–H groups in total. The summed E-state index contributed by atoms with van der Waals surface area (Å²) in [5, 5.41) is 10.4. The molecule has 238 valence electrons. The van der Waals surface area contributed by atoms with Crippen molar-refractivity contribution in [1.29, 1.82) is 0 Å². The van der Waals surface area contributed by atoms with Gasteiger partial charge >= 0.3 is 0 Å². The van der Waals surface area contributed by atoms with Crippen LogP contribution in [0.5, 0.6) is 0 Å². The lowest BCUT2D eigenvalue weighted by Crippen LogP contribution is -1.99. The fraction of sp³-hybridized carbons (Fsp3) is 0. The zero-order valence-corrected chi connectivity index (χ0v) is 28.1. The van der Waals surface area contributed by atoms with Crippen molar-refractivity contribution in [1.82, 2.24) is 9.13 Å². The van der Waals surface area contributed by atoms with E-state index in [4.69, 9.17) is 0 Å². The van der Waals surface area contributed by atoms with Crippen LogP contribution in [0.1, 0.15) is 0 Å². The van der Waals surface area contributed by atoms with Crippen LogP contribution in [0.3, 0.4) is 0 Å². The summed E-state index contributed by atoms with van der Waals surface area (Å²) in [6, 6.07) is 63.3. The fourth-order valence-corrected chi connectivity index (χ4v) is 9.95. The first-order valence-corrected chi connectivity index (χ1v) is 18.1. The number of nitrogens with zero attached hydrogens (tertiary/aromatic N) is 2. The zero-order valence-electron chi connectivity index (χ0n) is 28.1. The van der Waals surface area contributed by atoms with Crippen LogP contribution in [0.25, 0.3) is 121 Å². The van der Waals surface area contributed by atoms with E-state index in [1.807, 2.05) is 0 Å². The molecule has 0 amide bonds. The molecule has 2 nitrogen and oxygen atoms in total. The highest BCUT2D eigenvalue weighted by Crippen LogP contribution is 2.53. The van der Waals surface area contributed by atoms with Crippen molar-refractivity contribution in [2.24, 2.45) is 0 Å². The molecular weight excluding hydrogens is 629 g/mol. The number of benzene rings is 9. The number of hydrogen-bond donors (Lipinski definition) is 0. The Morgan fingerprint density at radius 3 is 1.10 bits per heavy atom. The first-order valence-electron chi connectivity index (χ1n) is 18.1. The van der Waals surface area contributed by atoms with E-state index in [1.54, 1.807) is 0 Å². The standard InChI is InChI=1S/C50H28N2/c1-3-16-33-31(14-1)37-20-10-22-39-47(37)41(33)27-43-35-18-5-7-24-45(35)51(49(39)43)29-12-9-13-30(26-29)52-46-25-8-6-19-36(46)44-28-42-34-17-4-2-15-32(34)38-21-11-23-40(48(38)42)50(44)52/h1-28H. The van der Waals surface area contributed by atoms with Gasteiger partial charge in [0.1, 0.15) is 0 Å². The maximum atomic E-state index is 2.51. The third-order valence-electron chi connectivity index (χ3n) is 11.9. The highest BCUT2D eigenvalue weighted by Gasteiger charge is 2.27. The molecule has 0 atom stereocenters. The molecule has 2 aromatic heterocycles. The van der Waals surface area contributed by atoms with Gasteiger partial charge in [-0.3, -0.25) is 0 Å².